The summed E-state index contributed by atoms with van der Waals surface area (Å²) < 4.78 is 64.1. The molecule has 2 N–H and O–H groups in total. The van der Waals surface area contributed by atoms with Gasteiger partial charge in [-0.25, -0.2) is 18.2 Å². The molecule has 3 aromatic carbocycles. The highest BCUT2D eigenvalue weighted by atomic mass is 32.2. The van der Waals surface area contributed by atoms with Gasteiger partial charge in [-0.2, -0.15) is 18.3 Å². The summed E-state index contributed by atoms with van der Waals surface area (Å²) in [6.45, 7) is 0. The molecule has 0 spiro atoms. The molecule has 0 amide bonds. The van der Waals surface area contributed by atoms with Crippen LogP contribution >= 0.6 is 0 Å². The van der Waals surface area contributed by atoms with Gasteiger partial charge >= 0.3 is 6.18 Å². The van der Waals surface area contributed by atoms with Crippen LogP contribution in [0, 0.1) is 0 Å². The summed E-state index contributed by atoms with van der Waals surface area (Å²) in [4.78, 5) is -0.145. The Kier molecular flexibility index (Phi) is 5.16. The molecule has 0 unspecified atom stereocenters. The van der Waals surface area contributed by atoms with Crippen molar-refractivity contribution < 1.29 is 21.6 Å². The molecule has 5 nitrogen and oxygen atoms in total. The van der Waals surface area contributed by atoms with E-state index in [1.807, 2.05) is 42.5 Å². The standard InChI is InChI=1S/C22H16F3N3O2S/c23-22(24,25)21-14-20(17-8-6-16(7-9-17)15-4-2-1-3-5-15)28(27-21)18-10-12-19(13-11-18)31(26,29)30/h1-14H,(H2,26,29,30). The number of alkyl halides is 3. The van der Waals surface area contributed by atoms with E-state index in [0.29, 0.717) is 5.56 Å². The van der Waals surface area contributed by atoms with Gasteiger partial charge in [0.25, 0.3) is 0 Å². The summed E-state index contributed by atoms with van der Waals surface area (Å²) in [7, 11) is -3.92. The first-order valence-electron chi connectivity index (χ1n) is 9.09. The van der Waals surface area contributed by atoms with Crippen molar-refractivity contribution in [3.05, 3.63) is 90.6 Å². The largest absolute Gasteiger partial charge is 0.435 e. The number of aromatic nitrogens is 2. The zero-order valence-electron chi connectivity index (χ0n) is 15.9. The van der Waals surface area contributed by atoms with Crippen molar-refractivity contribution in [1.82, 2.24) is 9.78 Å². The Morgan fingerprint density at radius 2 is 1.32 bits per heavy atom. The third-order valence-corrected chi connectivity index (χ3v) is 5.63. The Bertz CT molecular complexity index is 1310. The van der Waals surface area contributed by atoms with E-state index in [2.05, 4.69) is 5.10 Å². The molecule has 0 atom stereocenters. The first-order valence-corrected chi connectivity index (χ1v) is 10.6. The average Bonchev–Trinajstić information content (AvgIpc) is 3.20. The van der Waals surface area contributed by atoms with Gasteiger partial charge in [-0.15, -0.1) is 0 Å². The van der Waals surface area contributed by atoms with Crippen LogP contribution in [0.4, 0.5) is 13.2 Å². The van der Waals surface area contributed by atoms with Crippen molar-refractivity contribution in [3.63, 3.8) is 0 Å². The van der Waals surface area contributed by atoms with E-state index < -0.39 is 21.9 Å². The Hall–Kier alpha value is -3.43. The van der Waals surface area contributed by atoms with Crippen LogP contribution in [0.25, 0.3) is 28.1 Å². The van der Waals surface area contributed by atoms with Crippen molar-refractivity contribution in [2.24, 2.45) is 5.14 Å². The molecule has 0 saturated heterocycles. The first-order chi connectivity index (χ1) is 14.6. The summed E-state index contributed by atoms with van der Waals surface area (Å²) >= 11 is 0. The average molecular weight is 443 g/mol. The van der Waals surface area contributed by atoms with Gasteiger partial charge in [0, 0.05) is 5.56 Å². The number of nitrogens with zero attached hydrogens (tertiary/aromatic N) is 2. The molecular formula is C22H16F3N3O2S. The van der Waals surface area contributed by atoms with E-state index in [4.69, 9.17) is 5.14 Å². The minimum absolute atomic E-state index is 0.145. The highest BCUT2D eigenvalue weighted by Gasteiger charge is 2.35. The molecule has 0 aliphatic carbocycles. The summed E-state index contributed by atoms with van der Waals surface area (Å²) in [5.74, 6) is 0. The molecule has 0 radical (unpaired) electrons. The molecule has 9 heteroatoms. The fourth-order valence-electron chi connectivity index (χ4n) is 3.16. The second-order valence-electron chi connectivity index (χ2n) is 6.81. The van der Waals surface area contributed by atoms with Gasteiger partial charge in [-0.05, 0) is 41.5 Å². The van der Waals surface area contributed by atoms with Crippen LogP contribution in [-0.2, 0) is 16.2 Å². The number of hydrogen-bond acceptors (Lipinski definition) is 3. The molecule has 0 aliphatic rings. The fraction of sp³-hybridized carbons (Fsp3) is 0.0455. The Labute approximate surface area is 176 Å². The van der Waals surface area contributed by atoms with E-state index in [0.717, 1.165) is 21.9 Å². The van der Waals surface area contributed by atoms with E-state index in [1.165, 1.54) is 24.3 Å². The predicted octanol–water partition coefficient (Wildman–Crippen LogP) is 4.87. The highest BCUT2D eigenvalue weighted by molar-refractivity contribution is 7.89. The highest BCUT2D eigenvalue weighted by Crippen LogP contribution is 2.34. The third-order valence-electron chi connectivity index (χ3n) is 4.70. The van der Waals surface area contributed by atoms with Crippen molar-refractivity contribution >= 4 is 10.0 Å². The zero-order valence-corrected chi connectivity index (χ0v) is 16.7. The number of halogens is 3. The summed E-state index contributed by atoms with van der Waals surface area (Å²) in [6.07, 6.45) is -4.63. The predicted molar refractivity (Wildman–Crippen MR) is 111 cm³/mol. The van der Waals surface area contributed by atoms with E-state index in [-0.39, 0.29) is 16.3 Å². The molecule has 0 saturated carbocycles. The lowest BCUT2D eigenvalue weighted by molar-refractivity contribution is -0.141. The van der Waals surface area contributed by atoms with E-state index in [1.54, 1.807) is 12.1 Å². The van der Waals surface area contributed by atoms with Crippen molar-refractivity contribution in [3.8, 4) is 28.1 Å². The number of rotatable bonds is 4. The van der Waals surface area contributed by atoms with Gasteiger partial charge in [0.15, 0.2) is 5.69 Å². The first kappa shape index (κ1) is 20.8. The summed E-state index contributed by atoms with van der Waals surface area (Å²) in [5, 5.41) is 8.80. The summed E-state index contributed by atoms with van der Waals surface area (Å²) in [6, 6.07) is 22.8. The molecule has 4 rings (SSSR count). The fourth-order valence-corrected chi connectivity index (χ4v) is 3.68. The van der Waals surface area contributed by atoms with Crippen LogP contribution in [0.3, 0.4) is 0 Å². The van der Waals surface area contributed by atoms with Crippen molar-refractivity contribution in [2.45, 2.75) is 11.1 Å². The maximum absolute atomic E-state index is 13.3. The van der Waals surface area contributed by atoms with Gasteiger partial charge in [-0.3, -0.25) is 0 Å². The second kappa shape index (κ2) is 7.68. The van der Waals surface area contributed by atoms with Gasteiger partial charge < -0.3 is 0 Å². The Morgan fingerprint density at radius 1 is 0.774 bits per heavy atom. The van der Waals surface area contributed by atoms with Crippen LogP contribution in [-0.4, -0.2) is 18.2 Å². The minimum atomic E-state index is -4.63. The van der Waals surface area contributed by atoms with E-state index >= 15 is 0 Å². The number of hydrogen-bond donors (Lipinski definition) is 1. The van der Waals surface area contributed by atoms with Gasteiger partial charge in [0.2, 0.25) is 10.0 Å². The maximum Gasteiger partial charge on any atom is 0.435 e. The van der Waals surface area contributed by atoms with E-state index in [9.17, 15) is 21.6 Å². The number of primary sulfonamides is 1. The van der Waals surface area contributed by atoms with Gasteiger partial charge in [0.05, 0.1) is 16.3 Å². The second-order valence-corrected chi connectivity index (χ2v) is 8.37. The van der Waals surface area contributed by atoms with Crippen LogP contribution in [0.5, 0.6) is 0 Å². The lowest BCUT2D eigenvalue weighted by Gasteiger charge is -2.09. The normalized spacial score (nSPS) is 12.1. The molecule has 0 fully saturated rings. The molecule has 4 aromatic rings. The van der Waals surface area contributed by atoms with Gasteiger partial charge in [-0.1, -0.05) is 54.6 Å². The maximum atomic E-state index is 13.3. The molecule has 1 heterocycles. The smallest absolute Gasteiger partial charge is 0.233 e. The molecule has 0 aliphatic heterocycles. The zero-order chi connectivity index (χ0) is 22.2. The minimum Gasteiger partial charge on any atom is -0.233 e. The molecular weight excluding hydrogens is 427 g/mol. The number of sulfonamides is 1. The summed E-state index contributed by atoms with van der Waals surface area (Å²) in [5.41, 5.74) is 1.87. The molecule has 0 bridgehead atoms. The van der Waals surface area contributed by atoms with Crippen molar-refractivity contribution in [1.29, 1.82) is 0 Å². The van der Waals surface area contributed by atoms with Crippen molar-refractivity contribution in [2.75, 3.05) is 0 Å². The van der Waals surface area contributed by atoms with Crippen LogP contribution in [0.2, 0.25) is 0 Å². The topological polar surface area (TPSA) is 78.0 Å². The lowest BCUT2D eigenvalue weighted by Crippen LogP contribution is -2.12. The quantitative estimate of drug-likeness (QED) is 0.489. The third kappa shape index (κ3) is 4.37. The molecule has 158 valence electrons. The number of benzene rings is 3. The monoisotopic (exact) mass is 443 g/mol. The molecule has 31 heavy (non-hydrogen) atoms. The molecule has 1 aromatic heterocycles. The van der Waals surface area contributed by atoms with Gasteiger partial charge in [0.1, 0.15) is 0 Å². The number of nitrogens with two attached hydrogens (primary N) is 1. The van der Waals surface area contributed by atoms with Crippen LogP contribution < -0.4 is 5.14 Å². The van der Waals surface area contributed by atoms with Crippen LogP contribution in [0.15, 0.2) is 89.8 Å². The Morgan fingerprint density at radius 3 is 1.87 bits per heavy atom. The SMILES string of the molecule is NS(=O)(=O)c1ccc(-n2nc(C(F)(F)F)cc2-c2ccc(-c3ccccc3)cc2)cc1. The van der Waals surface area contributed by atoms with Crippen LogP contribution in [0.1, 0.15) is 5.69 Å². The Balaban J connectivity index is 1.79. The lowest BCUT2D eigenvalue weighted by atomic mass is 10.0.